The van der Waals surface area contributed by atoms with Gasteiger partial charge in [0.2, 0.25) is 0 Å². The molecule has 25 heavy (non-hydrogen) atoms. The minimum atomic E-state index is -0.943. The van der Waals surface area contributed by atoms with E-state index in [1.54, 1.807) is 6.92 Å². The molecule has 6 heteroatoms. The largest absolute Gasteiger partial charge is 0.478 e. The second-order valence-corrected chi connectivity index (χ2v) is 6.69. The van der Waals surface area contributed by atoms with E-state index in [0.29, 0.717) is 12.3 Å². The molecule has 144 valence electrons. The minimum absolute atomic E-state index is 0.419. The second-order valence-electron chi connectivity index (χ2n) is 6.69. The number of carbonyl (C=O) groups excluding carboxylic acids is 1. The van der Waals surface area contributed by atoms with Gasteiger partial charge in [-0.15, -0.1) is 0 Å². The average Bonchev–Trinajstić information content (AvgIpc) is 2.50. The zero-order valence-electron chi connectivity index (χ0n) is 15.7. The summed E-state index contributed by atoms with van der Waals surface area (Å²) in [7, 11) is 1.24. The first-order valence-corrected chi connectivity index (χ1v) is 8.66. The molecule has 0 radical (unpaired) electrons. The van der Waals surface area contributed by atoms with Crippen molar-refractivity contribution in [1.29, 1.82) is 0 Å². The summed E-state index contributed by atoms with van der Waals surface area (Å²) in [5.41, 5.74) is 1.85. The van der Waals surface area contributed by atoms with Crippen LogP contribution in [-0.2, 0) is 14.3 Å². The van der Waals surface area contributed by atoms with Crippen LogP contribution >= 0.6 is 0 Å². The standard InChI is InChI=1S/C19H32O6/c1-13(9-14(2)10-15(3)11-18(22)23)7-5-6-8-17(21)16(12-20)19(24)25-4/h10-11,13,16-17,20-21H,5-9,12H2,1-4H3,(H,22,23)/b14-10+,15-11+/t13-,16+,17-/m1/s1. The predicted molar refractivity (Wildman–Crippen MR) is 96.0 cm³/mol. The number of esters is 1. The fourth-order valence-corrected chi connectivity index (χ4v) is 2.89. The first-order valence-electron chi connectivity index (χ1n) is 8.66. The third-order valence-corrected chi connectivity index (χ3v) is 4.11. The van der Waals surface area contributed by atoms with Crippen LogP contribution in [0.25, 0.3) is 0 Å². The Morgan fingerprint density at radius 2 is 1.72 bits per heavy atom. The quantitative estimate of drug-likeness (QED) is 0.215. The van der Waals surface area contributed by atoms with Crippen molar-refractivity contribution in [1.82, 2.24) is 0 Å². The molecule has 3 N–H and O–H groups in total. The molecule has 6 nitrogen and oxygen atoms in total. The maximum Gasteiger partial charge on any atom is 0.328 e. The summed E-state index contributed by atoms with van der Waals surface area (Å²) in [5, 5.41) is 27.8. The van der Waals surface area contributed by atoms with Gasteiger partial charge in [0.25, 0.3) is 0 Å². The van der Waals surface area contributed by atoms with Gasteiger partial charge in [-0.1, -0.05) is 37.8 Å². The molecule has 0 heterocycles. The van der Waals surface area contributed by atoms with Crippen molar-refractivity contribution in [2.45, 2.75) is 59.0 Å². The number of ether oxygens (including phenoxy) is 1. The molecule has 0 aliphatic rings. The lowest BCUT2D eigenvalue weighted by atomic mass is 9.93. The zero-order chi connectivity index (χ0) is 19.4. The van der Waals surface area contributed by atoms with Gasteiger partial charge in [-0.05, 0) is 38.2 Å². The number of carboxylic acids is 1. The van der Waals surface area contributed by atoms with Gasteiger partial charge in [0.05, 0.1) is 19.8 Å². The molecule has 0 saturated heterocycles. The predicted octanol–water partition coefficient (Wildman–Crippen LogP) is 2.69. The molecule has 0 amide bonds. The van der Waals surface area contributed by atoms with Crippen molar-refractivity contribution in [3.63, 3.8) is 0 Å². The second kappa shape index (κ2) is 12.7. The van der Waals surface area contributed by atoms with Crippen LogP contribution < -0.4 is 0 Å². The van der Waals surface area contributed by atoms with E-state index in [4.69, 9.17) is 10.2 Å². The van der Waals surface area contributed by atoms with Gasteiger partial charge in [0.15, 0.2) is 0 Å². The van der Waals surface area contributed by atoms with E-state index < -0.39 is 30.6 Å². The van der Waals surface area contributed by atoms with Gasteiger partial charge < -0.3 is 20.1 Å². The lowest BCUT2D eigenvalue weighted by molar-refractivity contribution is -0.151. The Morgan fingerprint density at radius 1 is 1.12 bits per heavy atom. The smallest absolute Gasteiger partial charge is 0.328 e. The minimum Gasteiger partial charge on any atom is -0.478 e. The van der Waals surface area contributed by atoms with Gasteiger partial charge in [0, 0.05) is 6.08 Å². The van der Waals surface area contributed by atoms with E-state index in [1.807, 2.05) is 13.0 Å². The Morgan fingerprint density at radius 3 is 2.24 bits per heavy atom. The van der Waals surface area contributed by atoms with Crippen LogP contribution in [0.1, 0.15) is 52.9 Å². The number of hydrogen-bond donors (Lipinski definition) is 3. The highest BCUT2D eigenvalue weighted by atomic mass is 16.5. The maximum atomic E-state index is 11.4. The number of methoxy groups -OCH3 is 1. The molecule has 0 spiro atoms. The Labute approximate surface area is 150 Å². The number of unbranched alkanes of at least 4 members (excludes halogenated alkanes) is 1. The molecule has 0 aromatic rings. The fourth-order valence-electron chi connectivity index (χ4n) is 2.89. The monoisotopic (exact) mass is 356 g/mol. The van der Waals surface area contributed by atoms with Crippen LogP contribution in [0.4, 0.5) is 0 Å². The molecule has 0 saturated carbocycles. The lowest BCUT2D eigenvalue weighted by Gasteiger charge is -2.19. The highest BCUT2D eigenvalue weighted by Crippen LogP contribution is 2.20. The van der Waals surface area contributed by atoms with E-state index in [-0.39, 0.29) is 0 Å². The number of hydrogen-bond acceptors (Lipinski definition) is 5. The zero-order valence-corrected chi connectivity index (χ0v) is 15.7. The van der Waals surface area contributed by atoms with Crippen LogP contribution in [0.5, 0.6) is 0 Å². The van der Waals surface area contributed by atoms with Crippen molar-refractivity contribution in [3.05, 3.63) is 23.3 Å². The molecule has 0 fully saturated rings. The van der Waals surface area contributed by atoms with E-state index in [1.165, 1.54) is 13.2 Å². The molecule has 3 atom stereocenters. The van der Waals surface area contributed by atoms with E-state index in [9.17, 15) is 14.7 Å². The molecular weight excluding hydrogens is 324 g/mol. The number of allylic oxidation sites excluding steroid dienone is 3. The molecule has 0 aromatic carbocycles. The van der Waals surface area contributed by atoms with Crippen LogP contribution in [0.3, 0.4) is 0 Å². The Balaban J connectivity index is 4.19. The summed E-state index contributed by atoms with van der Waals surface area (Å²) >= 11 is 0. The Kier molecular flexibility index (Phi) is 11.8. The van der Waals surface area contributed by atoms with Crippen molar-refractivity contribution in [2.75, 3.05) is 13.7 Å². The molecule has 0 unspecified atom stereocenters. The van der Waals surface area contributed by atoms with Crippen LogP contribution in [0.2, 0.25) is 0 Å². The lowest BCUT2D eigenvalue weighted by Crippen LogP contribution is -2.32. The molecule has 0 aromatic heterocycles. The van der Waals surface area contributed by atoms with Crippen molar-refractivity contribution in [2.24, 2.45) is 11.8 Å². The average molecular weight is 356 g/mol. The highest BCUT2D eigenvalue weighted by molar-refractivity contribution is 5.81. The highest BCUT2D eigenvalue weighted by Gasteiger charge is 2.26. The Hall–Kier alpha value is -1.66. The van der Waals surface area contributed by atoms with Crippen molar-refractivity contribution in [3.8, 4) is 0 Å². The number of aliphatic hydroxyl groups excluding tert-OH is 2. The van der Waals surface area contributed by atoms with Gasteiger partial charge in [0.1, 0.15) is 5.92 Å². The van der Waals surface area contributed by atoms with Crippen LogP contribution in [-0.4, -0.2) is 47.1 Å². The number of aliphatic hydroxyl groups is 2. The maximum absolute atomic E-state index is 11.4. The SMILES string of the molecule is COC(=O)[C@@H](CO)[C@H](O)CCCC[C@@H](C)C/C(C)=C/C(C)=C/C(=O)O. The van der Waals surface area contributed by atoms with Gasteiger partial charge in [-0.3, -0.25) is 4.79 Å². The topological polar surface area (TPSA) is 104 Å². The summed E-state index contributed by atoms with van der Waals surface area (Å²) in [4.78, 5) is 22.0. The summed E-state index contributed by atoms with van der Waals surface area (Å²) in [6.45, 7) is 5.47. The number of aliphatic carboxylic acids is 1. The van der Waals surface area contributed by atoms with Crippen molar-refractivity contribution < 1.29 is 29.6 Å². The van der Waals surface area contributed by atoms with Crippen molar-refractivity contribution >= 4 is 11.9 Å². The van der Waals surface area contributed by atoms with Crippen LogP contribution in [0.15, 0.2) is 23.3 Å². The summed E-state index contributed by atoms with van der Waals surface area (Å²) in [6, 6.07) is 0. The molecule has 0 aliphatic carbocycles. The summed E-state index contributed by atoms with van der Waals surface area (Å²) < 4.78 is 4.56. The van der Waals surface area contributed by atoms with Gasteiger partial charge >= 0.3 is 11.9 Å². The van der Waals surface area contributed by atoms with Crippen LogP contribution in [0, 0.1) is 11.8 Å². The molecule has 0 aliphatic heterocycles. The van der Waals surface area contributed by atoms with Gasteiger partial charge in [-0.25, -0.2) is 4.79 Å². The number of carboxylic acid groups (broad SMARTS) is 1. The normalized spacial score (nSPS) is 16.2. The third kappa shape index (κ3) is 10.7. The fraction of sp³-hybridized carbons (Fsp3) is 0.684. The van der Waals surface area contributed by atoms with E-state index in [0.717, 1.165) is 36.8 Å². The molecular formula is C19H32O6. The first kappa shape index (κ1) is 23.3. The summed E-state index contributed by atoms with van der Waals surface area (Å²) in [6.07, 6.45) is 6.16. The summed E-state index contributed by atoms with van der Waals surface area (Å²) in [5.74, 6) is -1.97. The first-order chi connectivity index (χ1) is 11.7. The Bertz CT molecular complexity index is 480. The molecule has 0 bridgehead atoms. The number of rotatable bonds is 12. The van der Waals surface area contributed by atoms with E-state index in [2.05, 4.69) is 11.7 Å². The van der Waals surface area contributed by atoms with E-state index >= 15 is 0 Å². The third-order valence-electron chi connectivity index (χ3n) is 4.11. The number of carbonyl (C=O) groups is 2. The molecule has 0 rings (SSSR count). The van der Waals surface area contributed by atoms with Gasteiger partial charge in [-0.2, -0.15) is 0 Å².